The van der Waals surface area contributed by atoms with Crippen LogP contribution in [0.5, 0.6) is 0 Å². The second-order valence-electron chi connectivity index (χ2n) is 3.23. The summed E-state index contributed by atoms with van der Waals surface area (Å²) >= 11 is 0. The summed E-state index contributed by atoms with van der Waals surface area (Å²) in [7, 11) is 0. The minimum Gasteiger partial charge on any atom is -0.103 e. The summed E-state index contributed by atoms with van der Waals surface area (Å²) in [6, 6.07) is 0. The maximum atomic E-state index is 3.73. The molecule has 1 rings (SSSR count). The third-order valence-electron chi connectivity index (χ3n) is 2.17. The van der Waals surface area contributed by atoms with E-state index in [0.717, 1.165) is 12.3 Å². The smallest absolute Gasteiger partial charge is 0.0142 e. The van der Waals surface area contributed by atoms with Gasteiger partial charge in [-0.2, -0.15) is 0 Å². The molecule has 0 spiro atoms. The fourth-order valence-electron chi connectivity index (χ4n) is 1.39. The van der Waals surface area contributed by atoms with E-state index in [2.05, 4.69) is 19.6 Å². The van der Waals surface area contributed by atoms with E-state index in [4.69, 9.17) is 0 Å². The van der Waals surface area contributed by atoms with E-state index < -0.39 is 0 Å². The number of hydrogen-bond acceptors (Lipinski definition) is 0. The molecule has 0 saturated heterocycles. The van der Waals surface area contributed by atoms with Gasteiger partial charge in [0.2, 0.25) is 0 Å². The summed E-state index contributed by atoms with van der Waals surface area (Å²) in [6.45, 7) is 6.05. The lowest BCUT2D eigenvalue weighted by Gasteiger charge is -2.16. The Morgan fingerprint density at radius 3 is 3.10 bits per heavy atom. The van der Waals surface area contributed by atoms with Crippen LogP contribution in [-0.2, 0) is 0 Å². The highest BCUT2D eigenvalue weighted by molar-refractivity contribution is 5.09. The summed E-state index contributed by atoms with van der Waals surface area (Å²) in [6.07, 6.45) is 9.44. The predicted molar refractivity (Wildman–Crippen MR) is 45.9 cm³/mol. The Bertz CT molecular complexity index is 142. The van der Waals surface area contributed by atoms with Crippen LogP contribution in [0.15, 0.2) is 24.3 Å². The Balaban J connectivity index is 2.40. The van der Waals surface area contributed by atoms with Crippen LogP contribution in [-0.4, -0.2) is 0 Å². The van der Waals surface area contributed by atoms with E-state index >= 15 is 0 Å². The zero-order valence-electron chi connectivity index (χ0n) is 6.77. The number of hydrogen-bond donors (Lipinski definition) is 0. The maximum absolute atomic E-state index is 3.73. The summed E-state index contributed by atoms with van der Waals surface area (Å²) in [4.78, 5) is 0. The summed E-state index contributed by atoms with van der Waals surface area (Å²) in [5, 5.41) is 0. The first-order valence-electron chi connectivity index (χ1n) is 4.11. The van der Waals surface area contributed by atoms with Crippen molar-refractivity contribution in [3.63, 3.8) is 0 Å². The van der Waals surface area contributed by atoms with E-state index in [-0.39, 0.29) is 0 Å². The molecule has 0 aromatic carbocycles. The minimum atomic E-state index is 0.911. The Labute approximate surface area is 63.6 Å². The molecule has 0 N–H and O–H groups in total. The summed E-state index contributed by atoms with van der Waals surface area (Å²) in [5.41, 5.74) is 1.59. The fraction of sp³-hybridized carbons (Fsp3) is 0.600. The average molecular weight is 136 g/mol. The molecule has 0 aromatic rings. The first-order chi connectivity index (χ1) is 4.83. The van der Waals surface area contributed by atoms with Crippen LogP contribution in [0.3, 0.4) is 0 Å². The molecular formula is C10H16. The van der Waals surface area contributed by atoms with Gasteiger partial charge in [0.05, 0.1) is 0 Å². The van der Waals surface area contributed by atoms with Gasteiger partial charge >= 0.3 is 0 Å². The molecule has 10 heavy (non-hydrogen) atoms. The summed E-state index contributed by atoms with van der Waals surface area (Å²) in [5.74, 6) is 0.911. The lowest BCUT2D eigenvalue weighted by atomic mass is 9.90. The molecule has 0 nitrogen and oxygen atoms in total. The highest BCUT2D eigenvalue weighted by atomic mass is 14.1. The monoisotopic (exact) mass is 136 g/mol. The molecule has 0 heteroatoms. The van der Waals surface area contributed by atoms with Crippen molar-refractivity contribution in [3.05, 3.63) is 24.3 Å². The molecule has 1 atom stereocenters. The van der Waals surface area contributed by atoms with Crippen LogP contribution in [0.2, 0.25) is 0 Å². The van der Waals surface area contributed by atoms with Gasteiger partial charge in [-0.25, -0.2) is 0 Å². The van der Waals surface area contributed by atoms with Crippen LogP contribution < -0.4 is 0 Å². The minimum absolute atomic E-state index is 0.911. The van der Waals surface area contributed by atoms with Crippen molar-refractivity contribution in [2.45, 2.75) is 32.6 Å². The van der Waals surface area contributed by atoms with Crippen LogP contribution in [0, 0.1) is 5.92 Å². The van der Waals surface area contributed by atoms with Crippen LogP contribution >= 0.6 is 0 Å². The molecular weight excluding hydrogens is 120 g/mol. The molecule has 0 saturated carbocycles. The second-order valence-corrected chi connectivity index (χ2v) is 3.23. The first kappa shape index (κ1) is 7.59. The van der Waals surface area contributed by atoms with Crippen molar-refractivity contribution in [1.82, 2.24) is 0 Å². The van der Waals surface area contributed by atoms with Gasteiger partial charge in [0.15, 0.2) is 0 Å². The van der Waals surface area contributed by atoms with Crippen LogP contribution in [0.25, 0.3) is 0 Å². The molecule has 0 bridgehead atoms. The normalized spacial score (nSPS) is 25.7. The Morgan fingerprint density at radius 2 is 2.60 bits per heavy atom. The average Bonchev–Trinajstić information content (AvgIpc) is 1.95. The molecule has 0 aliphatic heterocycles. The van der Waals surface area contributed by atoms with Gasteiger partial charge in [-0.3, -0.25) is 0 Å². The topological polar surface area (TPSA) is 0 Å². The Morgan fingerprint density at radius 1 is 1.80 bits per heavy atom. The SMILES string of the molecule is C=CCC1=CCC(C)CC1. The van der Waals surface area contributed by atoms with Gasteiger partial charge in [0, 0.05) is 0 Å². The molecule has 0 amide bonds. The predicted octanol–water partition coefficient (Wildman–Crippen LogP) is 3.31. The third-order valence-corrected chi connectivity index (χ3v) is 2.17. The van der Waals surface area contributed by atoms with Crippen LogP contribution in [0.4, 0.5) is 0 Å². The fourth-order valence-corrected chi connectivity index (χ4v) is 1.39. The molecule has 1 aliphatic carbocycles. The van der Waals surface area contributed by atoms with Crippen molar-refractivity contribution in [2.24, 2.45) is 5.92 Å². The quantitative estimate of drug-likeness (QED) is 0.511. The van der Waals surface area contributed by atoms with Gasteiger partial charge < -0.3 is 0 Å². The third kappa shape index (κ3) is 2.02. The maximum Gasteiger partial charge on any atom is -0.0142 e. The van der Waals surface area contributed by atoms with Gasteiger partial charge in [0.25, 0.3) is 0 Å². The molecule has 0 radical (unpaired) electrons. The van der Waals surface area contributed by atoms with Gasteiger partial charge in [0.1, 0.15) is 0 Å². The molecule has 0 aromatic heterocycles. The zero-order valence-corrected chi connectivity index (χ0v) is 6.77. The zero-order chi connectivity index (χ0) is 7.40. The van der Waals surface area contributed by atoms with Crippen molar-refractivity contribution < 1.29 is 0 Å². The first-order valence-corrected chi connectivity index (χ1v) is 4.11. The van der Waals surface area contributed by atoms with Gasteiger partial charge in [-0.1, -0.05) is 24.6 Å². The van der Waals surface area contributed by atoms with E-state index in [1.165, 1.54) is 19.3 Å². The largest absolute Gasteiger partial charge is 0.103 e. The number of allylic oxidation sites excluding steroid dienone is 3. The van der Waals surface area contributed by atoms with E-state index in [9.17, 15) is 0 Å². The van der Waals surface area contributed by atoms with Crippen molar-refractivity contribution >= 4 is 0 Å². The van der Waals surface area contributed by atoms with E-state index in [1.807, 2.05) is 6.08 Å². The molecule has 1 aliphatic rings. The van der Waals surface area contributed by atoms with Crippen molar-refractivity contribution in [1.29, 1.82) is 0 Å². The van der Waals surface area contributed by atoms with E-state index in [0.29, 0.717) is 0 Å². The summed E-state index contributed by atoms with van der Waals surface area (Å²) < 4.78 is 0. The van der Waals surface area contributed by atoms with E-state index in [1.54, 1.807) is 5.57 Å². The van der Waals surface area contributed by atoms with Crippen molar-refractivity contribution in [2.75, 3.05) is 0 Å². The standard InChI is InChI=1S/C10H16/c1-3-4-10-7-5-9(2)6-8-10/h3,7,9H,1,4-6,8H2,2H3. The molecule has 0 heterocycles. The number of rotatable bonds is 2. The highest BCUT2D eigenvalue weighted by Gasteiger charge is 2.07. The van der Waals surface area contributed by atoms with Gasteiger partial charge in [-0.05, 0) is 31.6 Å². The van der Waals surface area contributed by atoms with Crippen LogP contribution in [0.1, 0.15) is 32.6 Å². The second kappa shape index (κ2) is 3.60. The molecule has 56 valence electrons. The Kier molecular flexibility index (Phi) is 2.73. The molecule has 1 unspecified atom stereocenters. The lowest BCUT2D eigenvalue weighted by molar-refractivity contribution is 0.510. The lowest BCUT2D eigenvalue weighted by Crippen LogP contribution is -2.00. The Hall–Kier alpha value is -0.520. The van der Waals surface area contributed by atoms with Gasteiger partial charge in [-0.15, -0.1) is 6.58 Å². The van der Waals surface area contributed by atoms with Crippen molar-refractivity contribution in [3.8, 4) is 0 Å². The molecule has 0 fully saturated rings. The highest BCUT2D eigenvalue weighted by Crippen LogP contribution is 2.24.